The van der Waals surface area contributed by atoms with Gasteiger partial charge in [-0.15, -0.1) is 0 Å². The first kappa shape index (κ1) is 17.0. The number of carbonyl (C=O) groups is 1. The van der Waals surface area contributed by atoms with E-state index in [9.17, 15) is 13.2 Å². The zero-order chi connectivity index (χ0) is 15.2. The van der Waals surface area contributed by atoms with Crippen molar-refractivity contribution in [3.63, 3.8) is 0 Å². The highest BCUT2D eigenvalue weighted by Gasteiger charge is 2.14. The Kier molecular flexibility index (Phi) is 6.47. The lowest BCUT2D eigenvalue weighted by atomic mass is 10.2. The topological polar surface area (TPSA) is 101 Å². The van der Waals surface area contributed by atoms with Gasteiger partial charge in [-0.1, -0.05) is 0 Å². The molecule has 0 radical (unpaired) electrons. The third-order valence-electron chi connectivity index (χ3n) is 2.67. The summed E-state index contributed by atoms with van der Waals surface area (Å²) in [7, 11) is -2.12. The number of benzene rings is 1. The molecule has 0 fully saturated rings. The Hall–Kier alpha value is -1.09. The fourth-order valence-corrected chi connectivity index (χ4v) is 2.67. The molecule has 8 heteroatoms. The Bertz CT molecular complexity index is 544. The number of amides is 1. The van der Waals surface area contributed by atoms with Gasteiger partial charge >= 0.3 is 0 Å². The molecule has 0 saturated heterocycles. The van der Waals surface area contributed by atoms with E-state index < -0.39 is 16.1 Å². The van der Waals surface area contributed by atoms with E-state index >= 15 is 0 Å². The van der Waals surface area contributed by atoms with Crippen LogP contribution in [-0.4, -0.2) is 39.4 Å². The monoisotopic (exact) mass is 317 g/mol. The van der Waals surface area contributed by atoms with E-state index in [1.165, 1.54) is 31.3 Å². The molecule has 0 aromatic heterocycles. The first-order valence-corrected chi connectivity index (χ1v) is 8.87. The van der Waals surface area contributed by atoms with Gasteiger partial charge in [0.1, 0.15) is 0 Å². The summed E-state index contributed by atoms with van der Waals surface area (Å²) in [5, 5.41) is 2.66. The average Bonchev–Trinajstić information content (AvgIpc) is 2.45. The fraction of sp³-hybridized carbons (Fsp3) is 0.417. The summed E-state index contributed by atoms with van der Waals surface area (Å²) < 4.78 is 25.3. The third-order valence-corrected chi connectivity index (χ3v) is 4.74. The van der Waals surface area contributed by atoms with Gasteiger partial charge in [-0.25, -0.2) is 13.1 Å². The van der Waals surface area contributed by atoms with Crippen molar-refractivity contribution in [1.82, 2.24) is 4.72 Å². The van der Waals surface area contributed by atoms with Crippen molar-refractivity contribution >= 4 is 33.4 Å². The molecule has 20 heavy (non-hydrogen) atoms. The molecule has 0 unspecified atom stereocenters. The number of carbonyl (C=O) groups excluding carboxylic acids is 1. The molecular weight excluding hydrogens is 298 g/mol. The van der Waals surface area contributed by atoms with Crippen molar-refractivity contribution in [3.05, 3.63) is 24.3 Å². The Morgan fingerprint density at radius 3 is 2.45 bits per heavy atom. The highest BCUT2D eigenvalue weighted by atomic mass is 32.2. The van der Waals surface area contributed by atoms with E-state index in [1.54, 1.807) is 11.8 Å². The van der Waals surface area contributed by atoms with Crippen molar-refractivity contribution < 1.29 is 13.2 Å². The number of anilines is 1. The minimum atomic E-state index is -3.46. The molecule has 1 amide bonds. The molecule has 1 aromatic carbocycles. The van der Waals surface area contributed by atoms with Gasteiger partial charge in [0, 0.05) is 5.69 Å². The lowest BCUT2D eigenvalue weighted by Crippen LogP contribution is -2.36. The Labute approximate surface area is 123 Å². The second-order valence-corrected chi connectivity index (χ2v) is 6.98. The van der Waals surface area contributed by atoms with E-state index in [2.05, 4.69) is 10.0 Å². The maximum absolute atomic E-state index is 11.8. The largest absolute Gasteiger partial charge is 0.325 e. The molecule has 0 spiro atoms. The highest BCUT2D eigenvalue weighted by molar-refractivity contribution is 7.98. The summed E-state index contributed by atoms with van der Waals surface area (Å²) in [5.74, 6) is 0.539. The summed E-state index contributed by atoms with van der Waals surface area (Å²) >= 11 is 1.63. The lowest BCUT2D eigenvalue weighted by molar-refractivity contribution is -0.117. The first-order chi connectivity index (χ1) is 9.40. The molecule has 112 valence electrons. The Balaban J connectivity index is 2.68. The number of thioether (sulfide) groups is 1. The molecule has 1 atom stereocenters. The molecule has 6 nitrogen and oxygen atoms in total. The van der Waals surface area contributed by atoms with E-state index in [4.69, 9.17) is 5.73 Å². The van der Waals surface area contributed by atoms with Crippen LogP contribution in [-0.2, 0) is 14.8 Å². The van der Waals surface area contributed by atoms with Gasteiger partial charge in [-0.3, -0.25) is 4.79 Å². The molecule has 1 aromatic rings. The number of hydrogen-bond donors (Lipinski definition) is 3. The van der Waals surface area contributed by atoms with Crippen molar-refractivity contribution in [2.45, 2.75) is 17.4 Å². The van der Waals surface area contributed by atoms with Gasteiger partial charge in [0.2, 0.25) is 15.9 Å². The summed E-state index contributed by atoms with van der Waals surface area (Å²) in [4.78, 5) is 11.9. The molecule has 4 N–H and O–H groups in total. The molecule has 0 saturated carbocycles. The minimum absolute atomic E-state index is 0.143. The van der Waals surface area contributed by atoms with Gasteiger partial charge in [0.25, 0.3) is 0 Å². The van der Waals surface area contributed by atoms with Crippen LogP contribution in [0.25, 0.3) is 0 Å². The van der Waals surface area contributed by atoms with Gasteiger partial charge in [0.15, 0.2) is 0 Å². The van der Waals surface area contributed by atoms with Crippen molar-refractivity contribution in [2.24, 2.45) is 5.73 Å². The third kappa shape index (κ3) is 4.78. The predicted octanol–water partition coefficient (Wildman–Crippen LogP) is 0.614. The standard InChI is InChI=1S/C12H19N3O3S2/c1-14-20(17,18)10-5-3-9(4-6-10)15-12(16)11(13)7-8-19-2/h3-6,11,14H,7-8,13H2,1-2H3,(H,15,16)/t11-/m1/s1. The number of nitrogens with two attached hydrogens (primary N) is 1. The Morgan fingerprint density at radius 1 is 1.35 bits per heavy atom. The van der Waals surface area contributed by atoms with Crippen LogP contribution in [0.2, 0.25) is 0 Å². The molecule has 0 aliphatic rings. The molecule has 0 aliphatic heterocycles. The SMILES string of the molecule is CNS(=O)(=O)c1ccc(NC(=O)[C@H](N)CCSC)cc1. The van der Waals surface area contributed by atoms with Crippen molar-refractivity contribution in [2.75, 3.05) is 24.4 Å². The maximum Gasteiger partial charge on any atom is 0.241 e. The van der Waals surface area contributed by atoms with E-state index in [0.717, 1.165) is 5.75 Å². The molecule has 0 aliphatic carbocycles. The lowest BCUT2D eigenvalue weighted by Gasteiger charge is -2.12. The zero-order valence-corrected chi connectivity index (χ0v) is 13.1. The molecule has 0 heterocycles. The van der Waals surface area contributed by atoms with Crippen LogP contribution < -0.4 is 15.8 Å². The zero-order valence-electron chi connectivity index (χ0n) is 11.4. The van der Waals surface area contributed by atoms with Crippen LogP contribution in [0.5, 0.6) is 0 Å². The van der Waals surface area contributed by atoms with E-state index in [-0.39, 0.29) is 10.8 Å². The van der Waals surface area contributed by atoms with Gasteiger partial charge < -0.3 is 11.1 Å². The van der Waals surface area contributed by atoms with Crippen LogP contribution in [0.15, 0.2) is 29.2 Å². The summed E-state index contributed by atoms with van der Waals surface area (Å²) in [5.41, 5.74) is 6.26. The minimum Gasteiger partial charge on any atom is -0.325 e. The molecule has 0 bridgehead atoms. The number of nitrogens with one attached hydrogen (secondary N) is 2. The normalized spacial score (nSPS) is 12.9. The van der Waals surface area contributed by atoms with E-state index in [1.807, 2.05) is 6.26 Å². The number of sulfonamides is 1. The van der Waals surface area contributed by atoms with Crippen LogP contribution in [0.4, 0.5) is 5.69 Å². The smallest absolute Gasteiger partial charge is 0.241 e. The number of rotatable bonds is 7. The van der Waals surface area contributed by atoms with Gasteiger partial charge in [-0.05, 0) is 49.7 Å². The quantitative estimate of drug-likeness (QED) is 0.684. The van der Waals surface area contributed by atoms with Crippen LogP contribution in [0.1, 0.15) is 6.42 Å². The second kappa shape index (κ2) is 7.63. The Morgan fingerprint density at radius 2 is 1.95 bits per heavy atom. The van der Waals surface area contributed by atoms with Gasteiger partial charge in [-0.2, -0.15) is 11.8 Å². The average molecular weight is 317 g/mol. The first-order valence-electron chi connectivity index (χ1n) is 5.99. The summed E-state index contributed by atoms with van der Waals surface area (Å²) in [6.45, 7) is 0. The van der Waals surface area contributed by atoms with Crippen molar-refractivity contribution in [3.8, 4) is 0 Å². The predicted molar refractivity (Wildman–Crippen MR) is 82.3 cm³/mol. The number of hydrogen-bond acceptors (Lipinski definition) is 5. The van der Waals surface area contributed by atoms with Crippen LogP contribution in [0, 0.1) is 0 Å². The van der Waals surface area contributed by atoms with E-state index in [0.29, 0.717) is 12.1 Å². The van der Waals surface area contributed by atoms with Crippen LogP contribution >= 0.6 is 11.8 Å². The van der Waals surface area contributed by atoms with Gasteiger partial charge in [0.05, 0.1) is 10.9 Å². The highest BCUT2D eigenvalue weighted by Crippen LogP contribution is 2.14. The summed E-state index contributed by atoms with van der Waals surface area (Å²) in [6, 6.07) is 5.35. The van der Waals surface area contributed by atoms with Crippen LogP contribution in [0.3, 0.4) is 0 Å². The fourth-order valence-electron chi connectivity index (χ4n) is 1.45. The summed E-state index contributed by atoms with van der Waals surface area (Å²) in [6.07, 6.45) is 2.55. The molecule has 1 rings (SSSR count). The van der Waals surface area contributed by atoms with Crippen molar-refractivity contribution in [1.29, 1.82) is 0 Å². The maximum atomic E-state index is 11.8. The molecular formula is C12H19N3O3S2. The second-order valence-electron chi connectivity index (χ2n) is 4.11.